The molecule has 4 rings (SSSR count). The van der Waals surface area contributed by atoms with Crippen molar-refractivity contribution in [2.24, 2.45) is 0 Å². The minimum atomic E-state index is -0.174. The zero-order valence-corrected chi connectivity index (χ0v) is 17.8. The first-order chi connectivity index (χ1) is 14.5. The molecule has 2 aromatic heterocycles. The number of nitrogens with one attached hydrogen (secondary N) is 2. The lowest BCUT2D eigenvalue weighted by atomic mass is 10.0. The summed E-state index contributed by atoms with van der Waals surface area (Å²) in [6.45, 7) is 4.36. The largest absolute Gasteiger partial charge is 0.464 e. The Morgan fingerprint density at radius 3 is 2.67 bits per heavy atom. The number of benzene rings is 1. The van der Waals surface area contributed by atoms with Gasteiger partial charge in [0, 0.05) is 24.8 Å². The number of anilines is 1. The summed E-state index contributed by atoms with van der Waals surface area (Å²) in [5, 5.41) is 6.94. The minimum Gasteiger partial charge on any atom is -0.464 e. The van der Waals surface area contributed by atoms with E-state index in [2.05, 4.69) is 15.6 Å². The van der Waals surface area contributed by atoms with Crippen molar-refractivity contribution in [1.29, 1.82) is 0 Å². The highest BCUT2D eigenvalue weighted by Gasteiger charge is 2.41. The molecule has 2 atom stereocenters. The number of hydrogen-bond acceptors (Lipinski definition) is 4. The average molecular weight is 421 g/mol. The summed E-state index contributed by atoms with van der Waals surface area (Å²) < 4.78 is 5.95. The number of amides is 1. The summed E-state index contributed by atoms with van der Waals surface area (Å²) in [5.41, 5.74) is 2.74. The van der Waals surface area contributed by atoms with Gasteiger partial charge in [-0.2, -0.15) is 0 Å². The first-order valence-electron chi connectivity index (χ1n) is 9.93. The molecule has 0 bridgehead atoms. The fourth-order valence-corrected chi connectivity index (χ4v) is 4.05. The maximum Gasteiger partial charge on any atom is 0.226 e. The fourth-order valence-electron chi connectivity index (χ4n) is 3.72. The molecule has 1 aliphatic rings. The molecule has 0 aliphatic carbocycles. The molecule has 0 saturated carbocycles. The highest BCUT2D eigenvalue weighted by atomic mass is 32.1. The van der Waals surface area contributed by atoms with Gasteiger partial charge >= 0.3 is 0 Å². The highest BCUT2D eigenvalue weighted by molar-refractivity contribution is 7.80. The van der Waals surface area contributed by atoms with Gasteiger partial charge < -0.3 is 20.0 Å². The number of hydrogen-bond donors (Lipinski definition) is 2. The summed E-state index contributed by atoms with van der Waals surface area (Å²) in [4.78, 5) is 19.1. The molecule has 1 aromatic carbocycles. The quantitative estimate of drug-likeness (QED) is 0.580. The molecule has 1 aliphatic heterocycles. The van der Waals surface area contributed by atoms with Crippen LogP contribution in [-0.4, -0.2) is 27.4 Å². The molecule has 1 fully saturated rings. The first kappa shape index (κ1) is 20.1. The lowest BCUT2D eigenvalue weighted by molar-refractivity contribution is -0.116. The van der Waals surface area contributed by atoms with Crippen LogP contribution in [0.1, 0.15) is 41.3 Å². The Kier molecular flexibility index (Phi) is 5.81. The van der Waals surface area contributed by atoms with E-state index in [0.29, 0.717) is 18.1 Å². The molecule has 1 saturated heterocycles. The van der Waals surface area contributed by atoms with Crippen LogP contribution in [0.5, 0.6) is 0 Å². The van der Waals surface area contributed by atoms with Crippen molar-refractivity contribution in [3.8, 4) is 0 Å². The summed E-state index contributed by atoms with van der Waals surface area (Å²) in [5.74, 6) is 1.58. The summed E-state index contributed by atoms with van der Waals surface area (Å²) in [6, 6.07) is 17.1. The number of carbonyl (C=O) groups is 1. The van der Waals surface area contributed by atoms with Gasteiger partial charge in [-0.25, -0.2) is 0 Å². The van der Waals surface area contributed by atoms with E-state index in [1.165, 1.54) is 0 Å². The Morgan fingerprint density at radius 2 is 1.97 bits per heavy atom. The molecule has 2 N–H and O–H groups in total. The summed E-state index contributed by atoms with van der Waals surface area (Å²) in [7, 11) is 0. The zero-order chi connectivity index (χ0) is 21.1. The smallest absolute Gasteiger partial charge is 0.226 e. The first-order valence-corrected chi connectivity index (χ1v) is 10.3. The predicted octanol–water partition coefficient (Wildman–Crippen LogP) is 4.29. The van der Waals surface area contributed by atoms with Crippen LogP contribution in [0.4, 0.5) is 5.69 Å². The molecular weight excluding hydrogens is 396 g/mol. The Balaban J connectivity index is 1.52. The van der Waals surface area contributed by atoms with Gasteiger partial charge in [0.05, 0.1) is 11.7 Å². The highest BCUT2D eigenvalue weighted by Crippen LogP contribution is 2.39. The number of para-hydroxylation sites is 1. The second kappa shape index (κ2) is 8.67. The standard InChI is InChI=1S/C23H24N4O2S/c1-15-7-3-4-8-17(15)25-20(28)12-14-27-22(19-11-10-16(2)29-19)21(26-23(27)30)18-9-5-6-13-24-18/h3-11,13,21-22H,12,14H2,1-2H3,(H,25,28)(H,26,30)/t21-,22-/m1/s1. The van der Waals surface area contributed by atoms with Gasteiger partial charge in [-0.1, -0.05) is 24.3 Å². The monoisotopic (exact) mass is 420 g/mol. The Bertz CT molecular complexity index is 1050. The van der Waals surface area contributed by atoms with Gasteiger partial charge in [-0.05, 0) is 62.0 Å². The lowest BCUT2D eigenvalue weighted by Gasteiger charge is -2.25. The number of aromatic nitrogens is 1. The van der Waals surface area contributed by atoms with Crippen LogP contribution in [0.2, 0.25) is 0 Å². The van der Waals surface area contributed by atoms with E-state index < -0.39 is 0 Å². The number of nitrogens with zero attached hydrogens (tertiary/aromatic N) is 2. The van der Waals surface area contributed by atoms with Crippen LogP contribution in [0.25, 0.3) is 0 Å². The van der Waals surface area contributed by atoms with Gasteiger partial charge in [-0.3, -0.25) is 9.78 Å². The number of aryl methyl sites for hydroxylation is 2. The molecule has 0 spiro atoms. The molecule has 0 unspecified atom stereocenters. The van der Waals surface area contributed by atoms with Crippen molar-refractivity contribution in [2.45, 2.75) is 32.4 Å². The van der Waals surface area contributed by atoms with E-state index in [4.69, 9.17) is 16.6 Å². The van der Waals surface area contributed by atoms with E-state index in [0.717, 1.165) is 28.5 Å². The van der Waals surface area contributed by atoms with Crippen molar-refractivity contribution in [2.75, 3.05) is 11.9 Å². The molecular formula is C23H24N4O2S. The van der Waals surface area contributed by atoms with Crippen LogP contribution >= 0.6 is 12.2 Å². The van der Waals surface area contributed by atoms with Crippen LogP contribution in [0, 0.1) is 13.8 Å². The molecule has 3 aromatic rings. The average Bonchev–Trinajstić information content (AvgIpc) is 3.31. The molecule has 1 amide bonds. The molecule has 30 heavy (non-hydrogen) atoms. The fraction of sp³-hybridized carbons (Fsp3) is 0.261. The maximum absolute atomic E-state index is 12.6. The van der Waals surface area contributed by atoms with Crippen molar-refractivity contribution in [1.82, 2.24) is 15.2 Å². The predicted molar refractivity (Wildman–Crippen MR) is 120 cm³/mol. The van der Waals surface area contributed by atoms with Gasteiger partial charge in [0.2, 0.25) is 5.91 Å². The van der Waals surface area contributed by atoms with Gasteiger partial charge in [0.15, 0.2) is 5.11 Å². The SMILES string of the molecule is Cc1ccc([C@@H]2[C@@H](c3ccccn3)NC(=S)N2CCC(=O)Nc2ccccc2C)o1. The van der Waals surface area contributed by atoms with E-state index in [9.17, 15) is 4.79 Å². The van der Waals surface area contributed by atoms with Gasteiger partial charge in [-0.15, -0.1) is 0 Å². The number of pyridine rings is 1. The topological polar surface area (TPSA) is 70.4 Å². The number of carbonyl (C=O) groups excluding carboxylic acids is 1. The minimum absolute atomic E-state index is 0.0530. The number of furan rings is 1. The number of rotatable bonds is 6. The van der Waals surface area contributed by atoms with Gasteiger partial charge in [0.25, 0.3) is 0 Å². The molecule has 6 nitrogen and oxygen atoms in total. The molecule has 7 heteroatoms. The second-order valence-corrected chi connectivity index (χ2v) is 7.77. The lowest BCUT2D eigenvalue weighted by Crippen LogP contribution is -2.32. The van der Waals surface area contributed by atoms with Crippen LogP contribution in [-0.2, 0) is 4.79 Å². The third-order valence-corrected chi connectivity index (χ3v) is 5.60. The normalized spacial score (nSPS) is 18.3. The Morgan fingerprint density at radius 1 is 1.17 bits per heavy atom. The van der Waals surface area contributed by atoms with E-state index in [1.807, 2.05) is 73.3 Å². The van der Waals surface area contributed by atoms with Gasteiger partial charge in [0.1, 0.15) is 17.6 Å². The summed E-state index contributed by atoms with van der Waals surface area (Å²) >= 11 is 5.62. The van der Waals surface area contributed by atoms with Crippen LogP contribution < -0.4 is 10.6 Å². The van der Waals surface area contributed by atoms with Crippen molar-refractivity contribution in [3.63, 3.8) is 0 Å². The Hall–Kier alpha value is -3.19. The molecule has 3 heterocycles. The van der Waals surface area contributed by atoms with Crippen molar-refractivity contribution >= 4 is 28.9 Å². The van der Waals surface area contributed by atoms with Crippen LogP contribution in [0.3, 0.4) is 0 Å². The third-order valence-electron chi connectivity index (χ3n) is 5.25. The van der Waals surface area contributed by atoms with Crippen molar-refractivity contribution in [3.05, 3.63) is 83.6 Å². The van der Waals surface area contributed by atoms with E-state index >= 15 is 0 Å². The second-order valence-electron chi connectivity index (χ2n) is 7.38. The Labute approximate surface area is 181 Å². The van der Waals surface area contributed by atoms with E-state index in [-0.39, 0.29) is 18.0 Å². The third kappa shape index (κ3) is 4.21. The molecule has 0 radical (unpaired) electrons. The van der Waals surface area contributed by atoms with Crippen LogP contribution in [0.15, 0.2) is 65.2 Å². The molecule has 154 valence electrons. The summed E-state index contributed by atoms with van der Waals surface area (Å²) in [6.07, 6.45) is 2.07. The maximum atomic E-state index is 12.6. The zero-order valence-electron chi connectivity index (χ0n) is 17.0. The van der Waals surface area contributed by atoms with Crippen molar-refractivity contribution < 1.29 is 9.21 Å². The number of thiocarbonyl (C=S) groups is 1. The van der Waals surface area contributed by atoms with E-state index in [1.54, 1.807) is 6.20 Å².